The third-order valence-corrected chi connectivity index (χ3v) is 5.76. The number of amides is 1. The topological polar surface area (TPSA) is 77.8 Å². The molecule has 0 radical (unpaired) electrons. The lowest BCUT2D eigenvalue weighted by atomic mass is 10.0. The summed E-state index contributed by atoms with van der Waals surface area (Å²) in [6.45, 7) is 7.28. The zero-order valence-electron chi connectivity index (χ0n) is 17.2. The molecule has 1 atom stereocenters. The molecule has 1 aliphatic heterocycles. The molecule has 1 unspecified atom stereocenters. The number of Topliss-reactive ketones (excluding diaryl/α,β-unsaturated/α-hetero) is 1. The molecule has 1 saturated heterocycles. The number of hydrogen-bond donors (Lipinski definition) is 0. The Morgan fingerprint density at radius 2 is 1.93 bits per heavy atom. The Bertz CT molecular complexity index is 772. The molecule has 28 heavy (non-hydrogen) atoms. The van der Waals surface area contributed by atoms with Crippen LogP contribution in [-0.2, 0) is 20.8 Å². The molecule has 1 aliphatic carbocycles. The molecule has 0 aromatic carbocycles. The van der Waals surface area contributed by atoms with Crippen LogP contribution in [0.1, 0.15) is 64.7 Å². The van der Waals surface area contributed by atoms with E-state index in [1.807, 2.05) is 18.4 Å². The van der Waals surface area contributed by atoms with Crippen molar-refractivity contribution in [2.75, 3.05) is 26.8 Å². The summed E-state index contributed by atoms with van der Waals surface area (Å²) in [5.74, 6) is -0.504. The van der Waals surface area contributed by atoms with Crippen molar-refractivity contribution in [2.45, 2.75) is 59.1 Å². The number of carbonyl (C=O) groups excluding carboxylic acids is 3. The highest BCUT2D eigenvalue weighted by Gasteiger charge is 2.36. The minimum atomic E-state index is -0.452. The Morgan fingerprint density at radius 1 is 1.21 bits per heavy atom. The van der Waals surface area contributed by atoms with Gasteiger partial charge in [0.25, 0.3) is 0 Å². The monoisotopic (exact) mass is 390 g/mol. The van der Waals surface area contributed by atoms with E-state index in [4.69, 9.17) is 9.47 Å². The second-order valence-corrected chi connectivity index (χ2v) is 7.72. The molecule has 7 heteroatoms. The van der Waals surface area contributed by atoms with Gasteiger partial charge in [0, 0.05) is 36.9 Å². The van der Waals surface area contributed by atoms with Crippen LogP contribution in [0.15, 0.2) is 0 Å². The molecule has 3 rings (SSSR count). The standard InChI is InChI=1S/C21H30N2O5/c1-5-23-14(3)18(13(2)19(23)21(26)27-4)17(24)12-22(20(25)15-8-9-15)11-16-7-6-10-28-16/h15-16H,5-12H2,1-4H3. The van der Waals surface area contributed by atoms with Gasteiger partial charge in [-0.15, -0.1) is 0 Å². The summed E-state index contributed by atoms with van der Waals surface area (Å²) in [6, 6.07) is 0. The van der Waals surface area contributed by atoms with Gasteiger partial charge in [-0.25, -0.2) is 4.79 Å². The maximum atomic E-state index is 13.2. The van der Waals surface area contributed by atoms with Crippen LogP contribution in [0.2, 0.25) is 0 Å². The Balaban J connectivity index is 1.85. The first-order valence-electron chi connectivity index (χ1n) is 10.1. The van der Waals surface area contributed by atoms with Gasteiger partial charge in [0.1, 0.15) is 5.69 Å². The Hall–Kier alpha value is -2.15. The number of hydrogen-bond acceptors (Lipinski definition) is 5. The molecule has 2 fully saturated rings. The molecule has 2 aliphatic rings. The smallest absolute Gasteiger partial charge is 0.354 e. The van der Waals surface area contributed by atoms with E-state index in [0.29, 0.717) is 36.5 Å². The van der Waals surface area contributed by atoms with Crippen molar-refractivity contribution >= 4 is 17.7 Å². The van der Waals surface area contributed by atoms with Crippen LogP contribution in [0.3, 0.4) is 0 Å². The fourth-order valence-electron chi connectivity index (χ4n) is 4.17. The average Bonchev–Trinajstić information content (AvgIpc) is 3.34. The fourth-order valence-corrected chi connectivity index (χ4v) is 4.17. The molecule has 154 valence electrons. The van der Waals surface area contributed by atoms with E-state index in [9.17, 15) is 14.4 Å². The summed E-state index contributed by atoms with van der Waals surface area (Å²) in [4.78, 5) is 39.8. The zero-order chi connectivity index (χ0) is 20.4. The highest BCUT2D eigenvalue weighted by Crippen LogP contribution is 2.32. The molecule has 7 nitrogen and oxygen atoms in total. The molecule has 1 aromatic rings. The molecular weight excluding hydrogens is 360 g/mol. The Morgan fingerprint density at radius 3 is 2.46 bits per heavy atom. The lowest BCUT2D eigenvalue weighted by Crippen LogP contribution is -2.41. The second kappa shape index (κ2) is 8.47. The van der Waals surface area contributed by atoms with Crippen LogP contribution < -0.4 is 0 Å². The van der Waals surface area contributed by atoms with Crippen LogP contribution in [0.5, 0.6) is 0 Å². The number of esters is 1. The van der Waals surface area contributed by atoms with Crippen LogP contribution in [0, 0.1) is 19.8 Å². The SMILES string of the molecule is CCn1c(C)c(C(=O)CN(CC2CCCO2)C(=O)C2CC2)c(C)c1C(=O)OC. The predicted molar refractivity (Wildman–Crippen MR) is 104 cm³/mol. The van der Waals surface area contributed by atoms with E-state index in [1.54, 1.807) is 11.8 Å². The minimum Gasteiger partial charge on any atom is -0.464 e. The van der Waals surface area contributed by atoms with Crippen LogP contribution >= 0.6 is 0 Å². The first-order chi connectivity index (χ1) is 13.4. The van der Waals surface area contributed by atoms with Crippen LogP contribution in [0.25, 0.3) is 0 Å². The molecular formula is C21H30N2O5. The third kappa shape index (κ3) is 3.99. The van der Waals surface area contributed by atoms with E-state index in [1.165, 1.54) is 7.11 Å². The number of rotatable bonds is 8. The van der Waals surface area contributed by atoms with Gasteiger partial charge in [0.2, 0.25) is 5.91 Å². The maximum absolute atomic E-state index is 13.2. The van der Waals surface area contributed by atoms with Crippen molar-refractivity contribution in [1.29, 1.82) is 0 Å². The number of ketones is 1. The second-order valence-electron chi connectivity index (χ2n) is 7.72. The van der Waals surface area contributed by atoms with Crippen molar-refractivity contribution in [3.05, 3.63) is 22.5 Å². The summed E-state index contributed by atoms with van der Waals surface area (Å²) in [6.07, 6.45) is 3.70. The van der Waals surface area contributed by atoms with Gasteiger partial charge >= 0.3 is 5.97 Å². The van der Waals surface area contributed by atoms with E-state index in [2.05, 4.69) is 0 Å². The Kier molecular flexibility index (Phi) is 6.23. The predicted octanol–water partition coefficient (Wildman–Crippen LogP) is 2.51. The van der Waals surface area contributed by atoms with Crippen molar-refractivity contribution in [1.82, 2.24) is 9.47 Å². The number of methoxy groups -OCH3 is 1. The lowest BCUT2D eigenvalue weighted by Gasteiger charge is -2.25. The maximum Gasteiger partial charge on any atom is 0.354 e. The zero-order valence-corrected chi connectivity index (χ0v) is 17.2. The van der Waals surface area contributed by atoms with Crippen molar-refractivity contribution < 1.29 is 23.9 Å². The third-order valence-electron chi connectivity index (χ3n) is 5.76. The molecule has 2 heterocycles. The van der Waals surface area contributed by atoms with Crippen molar-refractivity contribution in [2.24, 2.45) is 5.92 Å². The molecule has 1 saturated carbocycles. The molecule has 1 aromatic heterocycles. The molecule has 0 spiro atoms. The van der Waals surface area contributed by atoms with Crippen molar-refractivity contribution in [3.8, 4) is 0 Å². The quantitative estimate of drug-likeness (QED) is 0.503. The van der Waals surface area contributed by atoms with Gasteiger partial charge in [0.05, 0.1) is 19.8 Å². The van der Waals surface area contributed by atoms with E-state index in [-0.39, 0.29) is 30.3 Å². The van der Waals surface area contributed by atoms with Gasteiger partial charge in [-0.05, 0) is 52.0 Å². The highest BCUT2D eigenvalue weighted by atomic mass is 16.5. The first-order valence-corrected chi connectivity index (χ1v) is 10.1. The van der Waals surface area contributed by atoms with E-state index < -0.39 is 5.97 Å². The summed E-state index contributed by atoms with van der Waals surface area (Å²) in [5.41, 5.74) is 2.28. The van der Waals surface area contributed by atoms with Gasteiger partial charge in [-0.3, -0.25) is 9.59 Å². The summed E-state index contributed by atoms with van der Waals surface area (Å²) in [7, 11) is 1.34. The van der Waals surface area contributed by atoms with Crippen molar-refractivity contribution in [3.63, 3.8) is 0 Å². The van der Waals surface area contributed by atoms with Gasteiger partial charge in [-0.2, -0.15) is 0 Å². The minimum absolute atomic E-state index is 0.00330. The van der Waals surface area contributed by atoms with Gasteiger partial charge < -0.3 is 18.9 Å². The lowest BCUT2D eigenvalue weighted by molar-refractivity contribution is -0.133. The summed E-state index contributed by atoms with van der Waals surface area (Å²) < 4.78 is 12.4. The number of aromatic nitrogens is 1. The number of ether oxygens (including phenoxy) is 2. The summed E-state index contributed by atoms with van der Waals surface area (Å²) >= 11 is 0. The van der Waals surface area contributed by atoms with Gasteiger partial charge in [-0.1, -0.05) is 0 Å². The number of nitrogens with zero attached hydrogens (tertiary/aromatic N) is 2. The molecule has 1 amide bonds. The van der Waals surface area contributed by atoms with Crippen LogP contribution in [-0.4, -0.2) is 60.0 Å². The number of carbonyl (C=O) groups is 3. The normalized spacial score (nSPS) is 18.9. The van der Waals surface area contributed by atoms with E-state index in [0.717, 1.165) is 31.4 Å². The Labute approximate surface area is 166 Å². The van der Waals surface area contributed by atoms with E-state index >= 15 is 0 Å². The largest absolute Gasteiger partial charge is 0.464 e. The van der Waals surface area contributed by atoms with Crippen LogP contribution in [0.4, 0.5) is 0 Å². The highest BCUT2D eigenvalue weighted by molar-refractivity contribution is 6.04. The molecule has 0 bridgehead atoms. The van der Waals surface area contributed by atoms with Gasteiger partial charge in [0.15, 0.2) is 5.78 Å². The fraction of sp³-hybridized carbons (Fsp3) is 0.667. The first kappa shape index (κ1) is 20.6. The molecule has 0 N–H and O–H groups in total. The average molecular weight is 390 g/mol. The summed E-state index contributed by atoms with van der Waals surface area (Å²) in [5, 5.41) is 0.